The lowest BCUT2D eigenvalue weighted by Crippen LogP contribution is -2.41. The molecule has 2 rings (SSSR count). The first-order valence-corrected chi connectivity index (χ1v) is 5.96. The number of aryl methyl sites for hydroxylation is 1. The van der Waals surface area contributed by atoms with Crippen LogP contribution in [0.3, 0.4) is 0 Å². The van der Waals surface area contributed by atoms with Crippen molar-refractivity contribution in [3.63, 3.8) is 0 Å². The Morgan fingerprint density at radius 1 is 1.44 bits per heavy atom. The van der Waals surface area contributed by atoms with Gasteiger partial charge in [0.1, 0.15) is 0 Å². The molecule has 0 radical (unpaired) electrons. The summed E-state index contributed by atoms with van der Waals surface area (Å²) in [6.07, 6.45) is 3.34. The highest BCUT2D eigenvalue weighted by molar-refractivity contribution is 4.85. The first-order chi connectivity index (χ1) is 7.78. The zero-order valence-electron chi connectivity index (χ0n) is 10.1. The summed E-state index contributed by atoms with van der Waals surface area (Å²) in [4.78, 5) is 6.68. The monoisotopic (exact) mass is 224 g/mol. The van der Waals surface area contributed by atoms with E-state index >= 15 is 0 Å². The van der Waals surface area contributed by atoms with E-state index in [9.17, 15) is 0 Å². The second kappa shape index (κ2) is 5.41. The zero-order valence-corrected chi connectivity index (χ0v) is 10.1. The number of rotatable bonds is 4. The minimum absolute atomic E-state index is 0.696. The van der Waals surface area contributed by atoms with Crippen LogP contribution in [-0.2, 0) is 6.42 Å². The first-order valence-electron chi connectivity index (χ1n) is 5.96. The second-order valence-electron chi connectivity index (χ2n) is 4.39. The van der Waals surface area contributed by atoms with E-state index in [0.29, 0.717) is 6.04 Å². The van der Waals surface area contributed by atoms with Gasteiger partial charge >= 0.3 is 0 Å². The van der Waals surface area contributed by atoms with Crippen molar-refractivity contribution in [3.05, 3.63) is 11.7 Å². The molecular weight excluding hydrogens is 204 g/mol. The van der Waals surface area contributed by atoms with Gasteiger partial charge in [0.25, 0.3) is 0 Å². The molecule has 2 heterocycles. The molecule has 0 aliphatic carbocycles. The van der Waals surface area contributed by atoms with Crippen LogP contribution >= 0.6 is 0 Å². The maximum absolute atomic E-state index is 5.10. The van der Waals surface area contributed by atoms with Crippen molar-refractivity contribution < 1.29 is 4.52 Å². The molecule has 0 atom stereocenters. The smallest absolute Gasteiger partial charge is 0.227 e. The molecule has 1 aliphatic heterocycles. The van der Waals surface area contributed by atoms with Crippen LogP contribution in [0.2, 0.25) is 0 Å². The summed E-state index contributed by atoms with van der Waals surface area (Å²) >= 11 is 0. The molecule has 1 N–H and O–H groups in total. The molecule has 5 heteroatoms. The van der Waals surface area contributed by atoms with Gasteiger partial charge in [-0.1, -0.05) is 5.16 Å². The molecule has 0 aromatic carbocycles. The third-order valence-electron chi connectivity index (χ3n) is 3.21. The Bertz CT molecular complexity index is 318. The molecule has 5 nitrogen and oxygen atoms in total. The highest BCUT2D eigenvalue weighted by atomic mass is 16.5. The van der Waals surface area contributed by atoms with Crippen LogP contribution in [-0.4, -0.2) is 47.8 Å². The van der Waals surface area contributed by atoms with E-state index in [1.807, 2.05) is 14.0 Å². The highest BCUT2D eigenvalue weighted by Gasteiger charge is 2.17. The number of hydrogen-bond donors (Lipinski definition) is 1. The van der Waals surface area contributed by atoms with Gasteiger partial charge in [0, 0.05) is 19.0 Å². The topological polar surface area (TPSA) is 54.2 Å². The Balaban J connectivity index is 1.71. The van der Waals surface area contributed by atoms with E-state index in [-0.39, 0.29) is 0 Å². The average molecular weight is 224 g/mol. The molecule has 1 aromatic rings. The Kier molecular flexibility index (Phi) is 3.90. The van der Waals surface area contributed by atoms with Gasteiger partial charge in [0.2, 0.25) is 5.89 Å². The van der Waals surface area contributed by atoms with Crippen LogP contribution in [0.5, 0.6) is 0 Å². The number of likely N-dealkylation sites (tertiary alicyclic amines) is 1. The van der Waals surface area contributed by atoms with E-state index in [1.54, 1.807) is 0 Å². The fourth-order valence-corrected chi connectivity index (χ4v) is 2.14. The summed E-state index contributed by atoms with van der Waals surface area (Å²) in [6.45, 7) is 5.21. The maximum atomic E-state index is 5.10. The Labute approximate surface area is 96.2 Å². The lowest BCUT2D eigenvalue weighted by Gasteiger charge is -2.31. The van der Waals surface area contributed by atoms with Crippen LogP contribution in [0.4, 0.5) is 0 Å². The molecular formula is C11H20N4O. The predicted octanol–water partition coefficient (Wildman–Crippen LogP) is 0.604. The van der Waals surface area contributed by atoms with Crippen molar-refractivity contribution in [2.75, 3.05) is 26.7 Å². The van der Waals surface area contributed by atoms with Crippen molar-refractivity contribution in [3.8, 4) is 0 Å². The van der Waals surface area contributed by atoms with Crippen LogP contribution in [0.15, 0.2) is 4.52 Å². The standard InChI is InChI=1S/C11H20N4O/c1-9-13-11(16-14-9)5-8-15-6-3-10(12-2)4-7-15/h10,12H,3-8H2,1-2H3. The minimum atomic E-state index is 0.696. The number of nitrogens with one attached hydrogen (secondary N) is 1. The fraction of sp³-hybridized carbons (Fsp3) is 0.818. The molecule has 0 saturated carbocycles. The maximum Gasteiger partial charge on any atom is 0.227 e. The average Bonchev–Trinajstić information content (AvgIpc) is 2.73. The summed E-state index contributed by atoms with van der Waals surface area (Å²) in [7, 11) is 2.04. The van der Waals surface area contributed by atoms with Gasteiger partial charge in [-0.15, -0.1) is 0 Å². The van der Waals surface area contributed by atoms with E-state index in [1.165, 1.54) is 25.9 Å². The summed E-state index contributed by atoms with van der Waals surface area (Å²) in [6, 6.07) is 0.696. The summed E-state index contributed by atoms with van der Waals surface area (Å²) in [5.41, 5.74) is 0. The normalized spacial score (nSPS) is 19.1. The molecule has 1 saturated heterocycles. The van der Waals surface area contributed by atoms with Crippen molar-refractivity contribution in [2.24, 2.45) is 0 Å². The number of aromatic nitrogens is 2. The third-order valence-corrected chi connectivity index (χ3v) is 3.21. The van der Waals surface area contributed by atoms with Crippen LogP contribution < -0.4 is 5.32 Å². The Morgan fingerprint density at radius 2 is 2.19 bits per heavy atom. The van der Waals surface area contributed by atoms with Gasteiger partial charge in [-0.3, -0.25) is 0 Å². The van der Waals surface area contributed by atoms with Crippen molar-refractivity contribution in [2.45, 2.75) is 32.2 Å². The van der Waals surface area contributed by atoms with Gasteiger partial charge in [-0.2, -0.15) is 4.98 Å². The molecule has 0 unspecified atom stereocenters. The van der Waals surface area contributed by atoms with Gasteiger partial charge in [0.15, 0.2) is 5.82 Å². The van der Waals surface area contributed by atoms with Crippen LogP contribution in [0.25, 0.3) is 0 Å². The minimum Gasteiger partial charge on any atom is -0.339 e. The summed E-state index contributed by atoms with van der Waals surface area (Å²) < 4.78 is 5.10. The summed E-state index contributed by atoms with van der Waals surface area (Å²) in [5.74, 6) is 1.48. The fourth-order valence-electron chi connectivity index (χ4n) is 2.14. The van der Waals surface area contributed by atoms with Gasteiger partial charge in [0.05, 0.1) is 0 Å². The van der Waals surface area contributed by atoms with Crippen LogP contribution in [0.1, 0.15) is 24.6 Å². The Morgan fingerprint density at radius 3 is 2.75 bits per heavy atom. The quantitative estimate of drug-likeness (QED) is 0.812. The molecule has 1 fully saturated rings. The molecule has 16 heavy (non-hydrogen) atoms. The molecule has 1 aromatic heterocycles. The lowest BCUT2D eigenvalue weighted by atomic mass is 10.1. The van der Waals surface area contributed by atoms with Crippen molar-refractivity contribution in [1.29, 1.82) is 0 Å². The van der Waals surface area contributed by atoms with Gasteiger partial charge < -0.3 is 14.7 Å². The summed E-state index contributed by atoms with van der Waals surface area (Å²) in [5, 5.41) is 7.13. The molecule has 0 spiro atoms. The molecule has 0 amide bonds. The Hall–Kier alpha value is -0.940. The molecule has 0 bridgehead atoms. The zero-order chi connectivity index (χ0) is 11.4. The second-order valence-corrected chi connectivity index (χ2v) is 4.39. The highest BCUT2D eigenvalue weighted by Crippen LogP contribution is 2.10. The largest absolute Gasteiger partial charge is 0.339 e. The van der Waals surface area contributed by atoms with E-state index in [4.69, 9.17) is 4.52 Å². The number of nitrogens with zero attached hydrogens (tertiary/aromatic N) is 3. The predicted molar refractivity (Wildman–Crippen MR) is 61.3 cm³/mol. The van der Waals surface area contributed by atoms with E-state index in [0.717, 1.165) is 24.7 Å². The van der Waals surface area contributed by atoms with E-state index in [2.05, 4.69) is 20.4 Å². The SMILES string of the molecule is CNC1CCN(CCc2nc(C)no2)CC1. The first kappa shape index (κ1) is 11.5. The van der Waals surface area contributed by atoms with Crippen molar-refractivity contribution in [1.82, 2.24) is 20.4 Å². The van der Waals surface area contributed by atoms with Crippen LogP contribution in [0, 0.1) is 6.92 Å². The molecule has 90 valence electrons. The van der Waals surface area contributed by atoms with E-state index < -0.39 is 0 Å². The van der Waals surface area contributed by atoms with Gasteiger partial charge in [-0.25, -0.2) is 0 Å². The molecule has 1 aliphatic rings. The number of piperidine rings is 1. The third kappa shape index (κ3) is 3.02. The van der Waals surface area contributed by atoms with Crippen molar-refractivity contribution >= 4 is 0 Å². The number of hydrogen-bond acceptors (Lipinski definition) is 5. The lowest BCUT2D eigenvalue weighted by molar-refractivity contribution is 0.198. The van der Waals surface area contributed by atoms with Gasteiger partial charge in [-0.05, 0) is 39.9 Å².